The average Bonchev–Trinajstić information content (AvgIpc) is 3.25. The zero-order valence-electron chi connectivity index (χ0n) is 13.9. The van der Waals surface area contributed by atoms with Gasteiger partial charge in [0.05, 0.1) is 0 Å². The number of amides is 2. The largest absolute Gasteiger partial charge is 0.479 e. The van der Waals surface area contributed by atoms with E-state index in [9.17, 15) is 14.4 Å². The molecule has 2 amide bonds. The van der Waals surface area contributed by atoms with E-state index < -0.39 is 18.2 Å². The Hall–Kier alpha value is -2.41. The summed E-state index contributed by atoms with van der Waals surface area (Å²) >= 11 is 0. The first-order valence-electron chi connectivity index (χ1n) is 8.60. The first-order chi connectivity index (χ1) is 12.1. The van der Waals surface area contributed by atoms with Crippen LogP contribution in [0.3, 0.4) is 0 Å². The molecule has 0 radical (unpaired) electrons. The number of carbonyl (C=O) groups excluding carboxylic acids is 2. The van der Waals surface area contributed by atoms with Crippen LogP contribution < -0.4 is 10.2 Å². The number of benzene rings is 1. The summed E-state index contributed by atoms with van der Waals surface area (Å²) < 4.78 is 5.20. The number of nitrogens with one attached hydrogen (secondary N) is 1. The van der Waals surface area contributed by atoms with Gasteiger partial charge in [-0.05, 0) is 37.3 Å². The van der Waals surface area contributed by atoms with Crippen LogP contribution in [0.25, 0.3) is 0 Å². The Morgan fingerprint density at radius 1 is 1.20 bits per heavy atom. The third-order valence-corrected chi connectivity index (χ3v) is 4.64. The fraction of sp³-hybridized carbons (Fsp3) is 0.500. The van der Waals surface area contributed by atoms with E-state index in [0.717, 1.165) is 12.1 Å². The maximum absolute atomic E-state index is 12.4. The van der Waals surface area contributed by atoms with E-state index in [0.29, 0.717) is 38.8 Å². The van der Waals surface area contributed by atoms with Gasteiger partial charge in [-0.3, -0.25) is 9.59 Å². The average molecular weight is 346 g/mol. The Morgan fingerprint density at radius 3 is 2.72 bits per heavy atom. The Labute approximate surface area is 146 Å². The zero-order valence-corrected chi connectivity index (χ0v) is 13.9. The minimum atomic E-state index is -1.04. The van der Waals surface area contributed by atoms with Gasteiger partial charge in [0.25, 0.3) is 0 Å². The highest BCUT2D eigenvalue weighted by atomic mass is 16.5. The monoisotopic (exact) mass is 346 g/mol. The fourth-order valence-corrected chi connectivity index (χ4v) is 3.31. The maximum atomic E-state index is 12.4. The standard InChI is InChI=1S/C18H22N2O5/c21-16(20-11-9-12-4-1-2-5-13(12)20)6-3-10-19-17(22)14-7-8-15(25-14)18(23)24/h1-2,4-5,14-15H,3,6-11H2,(H,19,22)(H,23,24)/t14-,15+/m0/s1. The van der Waals surface area contributed by atoms with Crippen molar-refractivity contribution in [2.24, 2.45) is 0 Å². The molecular formula is C18H22N2O5. The summed E-state index contributed by atoms with van der Waals surface area (Å²) in [5, 5.41) is 11.6. The van der Waals surface area contributed by atoms with E-state index in [4.69, 9.17) is 9.84 Å². The summed E-state index contributed by atoms with van der Waals surface area (Å²) in [5.74, 6) is -1.28. The van der Waals surface area contributed by atoms with Gasteiger partial charge in [-0.15, -0.1) is 0 Å². The maximum Gasteiger partial charge on any atom is 0.332 e. The number of hydrogen-bond acceptors (Lipinski definition) is 4. The van der Waals surface area contributed by atoms with Crippen LogP contribution in [0.4, 0.5) is 5.69 Å². The van der Waals surface area contributed by atoms with Crippen LogP contribution in [0.15, 0.2) is 24.3 Å². The van der Waals surface area contributed by atoms with Gasteiger partial charge in [0.2, 0.25) is 11.8 Å². The normalized spacial score (nSPS) is 21.8. The van der Waals surface area contributed by atoms with E-state index in [1.165, 1.54) is 5.56 Å². The zero-order chi connectivity index (χ0) is 17.8. The molecule has 134 valence electrons. The predicted octanol–water partition coefficient (Wildman–Crippen LogP) is 1.10. The number of anilines is 1. The summed E-state index contributed by atoms with van der Waals surface area (Å²) in [5.41, 5.74) is 2.17. The van der Waals surface area contributed by atoms with Crippen molar-refractivity contribution in [1.82, 2.24) is 5.32 Å². The Morgan fingerprint density at radius 2 is 1.96 bits per heavy atom. The number of para-hydroxylation sites is 1. The molecular weight excluding hydrogens is 324 g/mol. The van der Waals surface area contributed by atoms with Crippen molar-refractivity contribution in [2.75, 3.05) is 18.0 Å². The third kappa shape index (κ3) is 3.99. The van der Waals surface area contributed by atoms with Gasteiger partial charge in [-0.2, -0.15) is 0 Å². The van der Waals surface area contributed by atoms with Crippen LogP contribution in [0.1, 0.15) is 31.2 Å². The van der Waals surface area contributed by atoms with Crippen molar-refractivity contribution in [3.05, 3.63) is 29.8 Å². The number of aliphatic carboxylic acids is 1. The predicted molar refractivity (Wildman–Crippen MR) is 90.3 cm³/mol. The van der Waals surface area contributed by atoms with Gasteiger partial charge in [-0.25, -0.2) is 4.79 Å². The molecule has 0 bridgehead atoms. The fourth-order valence-electron chi connectivity index (χ4n) is 3.31. The Bertz CT molecular complexity index is 675. The lowest BCUT2D eigenvalue weighted by Crippen LogP contribution is -2.36. The molecule has 2 aliphatic rings. The number of rotatable bonds is 6. The molecule has 0 saturated carbocycles. The molecule has 1 aromatic rings. The lowest BCUT2D eigenvalue weighted by atomic mass is 10.2. The first-order valence-corrected chi connectivity index (χ1v) is 8.60. The molecule has 2 aliphatic heterocycles. The number of carboxylic acids is 1. The quantitative estimate of drug-likeness (QED) is 0.752. The van der Waals surface area contributed by atoms with E-state index in [1.54, 1.807) is 4.90 Å². The van der Waals surface area contributed by atoms with Crippen molar-refractivity contribution < 1.29 is 24.2 Å². The summed E-state index contributed by atoms with van der Waals surface area (Å²) in [7, 11) is 0. The SMILES string of the molecule is O=C(NCCCC(=O)N1CCc2ccccc21)[C@@H]1CC[C@H](C(=O)O)O1. The molecule has 2 N–H and O–H groups in total. The molecule has 0 spiro atoms. The second-order valence-electron chi connectivity index (χ2n) is 6.35. The van der Waals surface area contributed by atoms with E-state index in [1.807, 2.05) is 24.3 Å². The van der Waals surface area contributed by atoms with Crippen molar-refractivity contribution >= 4 is 23.5 Å². The number of carbonyl (C=O) groups is 3. The molecule has 3 rings (SSSR count). The number of hydrogen-bond donors (Lipinski definition) is 2. The van der Waals surface area contributed by atoms with Crippen LogP contribution in [-0.2, 0) is 25.5 Å². The second-order valence-corrected chi connectivity index (χ2v) is 6.35. The number of ether oxygens (including phenoxy) is 1. The number of fused-ring (bicyclic) bond motifs is 1. The minimum Gasteiger partial charge on any atom is -0.479 e. The van der Waals surface area contributed by atoms with Crippen molar-refractivity contribution in [3.8, 4) is 0 Å². The molecule has 1 aromatic carbocycles. The second kappa shape index (κ2) is 7.65. The summed E-state index contributed by atoms with van der Waals surface area (Å²) in [6.45, 7) is 1.08. The molecule has 0 aromatic heterocycles. The lowest BCUT2D eigenvalue weighted by Gasteiger charge is -2.17. The summed E-state index contributed by atoms with van der Waals surface area (Å²) in [6, 6.07) is 7.89. The van der Waals surface area contributed by atoms with Crippen LogP contribution >= 0.6 is 0 Å². The molecule has 0 aliphatic carbocycles. The van der Waals surface area contributed by atoms with Crippen LogP contribution in [0, 0.1) is 0 Å². The molecule has 1 saturated heterocycles. The molecule has 2 heterocycles. The van der Waals surface area contributed by atoms with Crippen molar-refractivity contribution in [1.29, 1.82) is 0 Å². The topological polar surface area (TPSA) is 95.9 Å². The first kappa shape index (κ1) is 17.4. The highest BCUT2D eigenvalue weighted by molar-refractivity contribution is 5.95. The minimum absolute atomic E-state index is 0.0576. The molecule has 2 atom stereocenters. The Balaban J connectivity index is 1.38. The highest BCUT2D eigenvalue weighted by Crippen LogP contribution is 2.28. The van der Waals surface area contributed by atoms with Gasteiger partial charge in [0, 0.05) is 25.2 Å². The van der Waals surface area contributed by atoms with E-state index in [2.05, 4.69) is 5.32 Å². The third-order valence-electron chi connectivity index (χ3n) is 4.64. The smallest absolute Gasteiger partial charge is 0.332 e. The molecule has 25 heavy (non-hydrogen) atoms. The van der Waals surface area contributed by atoms with Crippen LogP contribution in [0.2, 0.25) is 0 Å². The summed E-state index contributed by atoms with van der Waals surface area (Å²) in [6.07, 6.45) is 0.931. The summed E-state index contributed by atoms with van der Waals surface area (Å²) in [4.78, 5) is 36.9. The van der Waals surface area contributed by atoms with Crippen LogP contribution in [-0.4, -0.2) is 48.2 Å². The van der Waals surface area contributed by atoms with Crippen molar-refractivity contribution in [2.45, 2.75) is 44.3 Å². The van der Waals surface area contributed by atoms with Gasteiger partial charge in [0.15, 0.2) is 6.10 Å². The van der Waals surface area contributed by atoms with Gasteiger partial charge in [-0.1, -0.05) is 18.2 Å². The molecule has 7 heteroatoms. The molecule has 0 unspecified atom stereocenters. The molecule has 7 nitrogen and oxygen atoms in total. The van der Waals surface area contributed by atoms with Crippen molar-refractivity contribution in [3.63, 3.8) is 0 Å². The van der Waals surface area contributed by atoms with Gasteiger partial charge >= 0.3 is 5.97 Å². The number of nitrogens with zero attached hydrogens (tertiary/aromatic N) is 1. The lowest BCUT2D eigenvalue weighted by molar-refractivity contribution is -0.151. The van der Waals surface area contributed by atoms with Gasteiger partial charge < -0.3 is 20.1 Å². The highest BCUT2D eigenvalue weighted by Gasteiger charge is 2.34. The molecule has 1 fully saturated rings. The van der Waals surface area contributed by atoms with Gasteiger partial charge in [0.1, 0.15) is 6.10 Å². The van der Waals surface area contributed by atoms with Crippen LogP contribution in [0.5, 0.6) is 0 Å². The Kier molecular flexibility index (Phi) is 5.33. The van der Waals surface area contributed by atoms with E-state index >= 15 is 0 Å². The number of carboxylic acid groups (broad SMARTS) is 1. The van der Waals surface area contributed by atoms with E-state index in [-0.39, 0.29) is 11.8 Å².